The van der Waals surface area contributed by atoms with Crippen molar-refractivity contribution in [2.75, 3.05) is 0 Å². The number of alkyl halides is 6. The van der Waals surface area contributed by atoms with Gasteiger partial charge in [0.25, 0.3) is 0 Å². The van der Waals surface area contributed by atoms with Crippen LogP contribution < -0.4 is 4.74 Å². The third-order valence-electron chi connectivity index (χ3n) is 5.05. The molecule has 0 amide bonds. The zero-order valence-electron chi connectivity index (χ0n) is 17.8. The smallest absolute Gasteiger partial charge is 0.437 e. The number of benzene rings is 2. The van der Waals surface area contributed by atoms with Crippen LogP contribution in [0.25, 0.3) is 11.0 Å². The lowest BCUT2D eigenvalue weighted by Gasteiger charge is -2.19. The first-order chi connectivity index (χ1) is 15.5. The number of rotatable bonds is 7. The van der Waals surface area contributed by atoms with E-state index in [1.807, 2.05) is 13.0 Å². The van der Waals surface area contributed by atoms with Crippen molar-refractivity contribution in [1.82, 2.24) is 5.16 Å². The van der Waals surface area contributed by atoms with Gasteiger partial charge in [0.15, 0.2) is 11.3 Å². The summed E-state index contributed by atoms with van der Waals surface area (Å²) in [4.78, 5) is 0. The molecule has 3 aromatic rings. The van der Waals surface area contributed by atoms with Crippen molar-refractivity contribution in [2.45, 2.75) is 58.3 Å². The molecular weight excluding hydrogens is 450 g/mol. The molecule has 0 unspecified atom stereocenters. The van der Waals surface area contributed by atoms with Crippen LogP contribution in [0.2, 0.25) is 0 Å². The molecule has 1 aromatic heterocycles. The molecular formula is C23H20F6N2O2. The zero-order valence-corrected chi connectivity index (χ0v) is 17.8. The SMILES string of the molecule is CCCc1cc2c(C(F)(F)F)noc2c(CCC)c1Oc1cc(C(F)(F)F)ccc1CC#N. The topological polar surface area (TPSA) is 59.1 Å². The standard InChI is InChI=1S/C23H20F6N2O2/c1-3-5-14-11-17-20(33-31-21(17)23(27,28)29)16(6-4-2)19(14)32-18-12-15(22(24,25)26)8-7-13(18)9-10-30/h7-8,11-12H,3-6,9H2,1-2H3. The largest absolute Gasteiger partial charge is 0.456 e. The molecule has 0 radical (unpaired) electrons. The minimum atomic E-state index is -4.73. The molecule has 0 atom stereocenters. The highest BCUT2D eigenvalue weighted by Crippen LogP contribution is 2.43. The highest BCUT2D eigenvalue weighted by molar-refractivity contribution is 5.86. The van der Waals surface area contributed by atoms with Gasteiger partial charge in [-0.15, -0.1) is 0 Å². The van der Waals surface area contributed by atoms with Crippen LogP contribution in [0, 0.1) is 11.3 Å². The summed E-state index contributed by atoms with van der Waals surface area (Å²) in [6.07, 6.45) is -7.95. The Kier molecular flexibility index (Phi) is 6.91. The third kappa shape index (κ3) is 5.07. The van der Waals surface area contributed by atoms with Crippen LogP contribution in [0.1, 0.15) is 54.6 Å². The maximum absolute atomic E-state index is 13.4. The van der Waals surface area contributed by atoms with Crippen LogP contribution in [-0.4, -0.2) is 5.16 Å². The number of hydrogen-bond acceptors (Lipinski definition) is 4. The highest BCUT2D eigenvalue weighted by atomic mass is 19.4. The van der Waals surface area contributed by atoms with E-state index in [2.05, 4.69) is 5.16 Å². The fourth-order valence-corrected chi connectivity index (χ4v) is 3.62. The minimum absolute atomic E-state index is 0.118. The molecule has 1 heterocycles. The predicted octanol–water partition coefficient (Wildman–Crippen LogP) is 7.63. The summed E-state index contributed by atoms with van der Waals surface area (Å²) in [6, 6.07) is 5.96. The van der Waals surface area contributed by atoms with Crippen LogP contribution >= 0.6 is 0 Å². The maximum atomic E-state index is 13.4. The molecule has 2 aromatic carbocycles. The Labute approximate surface area is 185 Å². The first-order valence-corrected chi connectivity index (χ1v) is 10.3. The van der Waals surface area contributed by atoms with Crippen LogP contribution in [0.5, 0.6) is 11.5 Å². The van der Waals surface area contributed by atoms with Crippen molar-refractivity contribution in [1.29, 1.82) is 5.26 Å². The number of nitriles is 1. The van der Waals surface area contributed by atoms with E-state index in [-0.39, 0.29) is 40.9 Å². The zero-order chi connectivity index (χ0) is 24.4. The van der Waals surface area contributed by atoms with E-state index in [0.29, 0.717) is 30.4 Å². The highest BCUT2D eigenvalue weighted by Gasteiger charge is 2.38. The summed E-state index contributed by atoms with van der Waals surface area (Å²) in [5.41, 5.74) is -1.34. The molecule has 176 valence electrons. The van der Waals surface area contributed by atoms with Crippen LogP contribution in [0.3, 0.4) is 0 Å². The molecule has 0 saturated heterocycles. The van der Waals surface area contributed by atoms with E-state index < -0.39 is 23.6 Å². The number of hydrogen-bond donors (Lipinski definition) is 0. The van der Waals surface area contributed by atoms with Crippen molar-refractivity contribution < 1.29 is 35.6 Å². The van der Waals surface area contributed by atoms with Crippen LogP contribution in [0.15, 0.2) is 28.8 Å². The molecule has 0 aliphatic heterocycles. The Hall–Kier alpha value is -3.22. The van der Waals surface area contributed by atoms with Crippen LogP contribution in [-0.2, 0) is 31.6 Å². The molecule has 0 fully saturated rings. The van der Waals surface area contributed by atoms with Gasteiger partial charge in [-0.2, -0.15) is 31.6 Å². The van der Waals surface area contributed by atoms with E-state index in [0.717, 1.165) is 18.2 Å². The van der Waals surface area contributed by atoms with Gasteiger partial charge >= 0.3 is 12.4 Å². The molecule has 10 heteroatoms. The van der Waals surface area contributed by atoms with Crippen LogP contribution in [0.4, 0.5) is 26.3 Å². The number of aryl methyl sites for hydroxylation is 2. The molecule has 3 rings (SSSR count). The van der Waals surface area contributed by atoms with E-state index in [1.165, 1.54) is 6.07 Å². The van der Waals surface area contributed by atoms with Gasteiger partial charge in [0.2, 0.25) is 0 Å². The summed E-state index contributed by atoms with van der Waals surface area (Å²) in [7, 11) is 0. The second-order valence-electron chi connectivity index (χ2n) is 7.51. The van der Waals surface area contributed by atoms with Crippen molar-refractivity contribution in [3.05, 3.63) is 52.2 Å². The molecule has 0 aliphatic carbocycles. The normalized spacial score (nSPS) is 12.2. The number of aromatic nitrogens is 1. The number of ether oxygens (including phenoxy) is 1. The lowest BCUT2D eigenvalue weighted by molar-refractivity contribution is -0.141. The summed E-state index contributed by atoms with van der Waals surface area (Å²) >= 11 is 0. The summed E-state index contributed by atoms with van der Waals surface area (Å²) < 4.78 is 91.2. The number of halogens is 6. The fraction of sp³-hybridized carbons (Fsp3) is 0.391. The molecule has 0 N–H and O–H groups in total. The molecule has 0 aliphatic rings. The molecule has 0 bridgehead atoms. The molecule has 4 nitrogen and oxygen atoms in total. The van der Waals surface area contributed by atoms with E-state index >= 15 is 0 Å². The Morgan fingerprint density at radius 1 is 0.970 bits per heavy atom. The van der Waals surface area contributed by atoms with E-state index in [1.54, 1.807) is 6.92 Å². The first-order valence-electron chi connectivity index (χ1n) is 10.3. The van der Waals surface area contributed by atoms with E-state index in [4.69, 9.17) is 14.5 Å². The number of nitrogens with zero attached hydrogens (tertiary/aromatic N) is 2. The predicted molar refractivity (Wildman–Crippen MR) is 108 cm³/mol. The number of fused-ring (bicyclic) bond motifs is 1. The average Bonchev–Trinajstić information content (AvgIpc) is 3.15. The Bertz CT molecular complexity index is 1190. The van der Waals surface area contributed by atoms with Gasteiger partial charge in [-0.05, 0) is 36.6 Å². The molecule has 0 spiro atoms. The summed E-state index contributed by atoms with van der Waals surface area (Å²) in [6.45, 7) is 3.62. The van der Waals surface area contributed by atoms with Crippen molar-refractivity contribution in [2.24, 2.45) is 0 Å². The Morgan fingerprint density at radius 2 is 1.67 bits per heavy atom. The Balaban J connectivity index is 2.27. The van der Waals surface area contributed by atoms with Crippen molar-refractivity contribution >= 4 is 11.0 Å². The second-order valence-corrected chi connectivity index (χ2v) is 7.51. The maximum Gasteiger partial charge on any atom is 0.437 e. The van der Waals surface area contributed by atoms with Gasteiger partial charge in [0.05, 0.1) is 23.4 Å². The van der Waals surface area contributed by atoms with Crippen molar-refractivity contribution in [3.8, 4) is 17.6 Å². The fourth-order valence-electron chi connectivity index (χ4n) is 3.62. The van der Waals surface area contributed by atoms with E-state index in [9.17, 15) is 26.3 Å². The average molecular weight is 470 g/mol. The lowest BCUT2D eigenvalue weighted by Crippen LogP contribution is -2.07. The Morgan fingerprint density at radius 3 is 2.24 bits per heavy atom. The minimum Gasteiger partial charge on any atom is -0.456 e. The third-order valence-corrected chi connectivity index (χ3v) is 5.05. The quantitative estimate of drug-likeness (QED) is 0.333. The summed E-state index contributed by atoms with van der Waals surface area (Å²) in [5.74, 6) is -0.0504. The first kappa shape index (κ1) is 24.4. The monoisotopic (exact) mass is 470 g/mol. The van der Waals surface area contributed by atoms with Crippen molar-refractivity contribution in [3.63, 3.8) is 0 Å². The van der Waals surface area contributed by atoms with Gasteiger partial charge in [0.1, 0.15) is 11.5 Å². The second kappa shape index (κ2) is 9.33. The van der Waals surface area contributed by atoms with Gasteiger partial charge in [-0.1, -0.05) is 37.9 Å². The van der Waals surface area contributed by atoms with Gasteiger partial charge in [-0.3, -0.25) is 0 Å². The molecule has 33 heavy (non-hydrogen) atoms. The van der Waals surface area contributed by atoms with Gasteiger partial charge in [-0.25, -0.2) is 0 Å². The van der Waals surface area contributed by atoms with Gasteiger partial charge in [0, 0.05) is 11.1 Å². The van der Waals surface area contributed by atoms with Gasteiger partial charge < -0.3 is 9.26 Å². The molecule has 0 saturated carbocycles. The lowest BCUT2D eigenvalue weighted by atomic mass is 9.97. The summed E-state index contributed by atoms with van der Waals surface area (Å²) in [5, 5.41) is 12.1.